The van der Waals surface area contributed by atoms with Crippen LogP contribution in [0.15, 0.2) is 48.5 Å². The van der Waals surface area contributed by atoms with E-state index in [4.69, 9.17) is 9.47 Å². The molecule has 0 aromatic heterocycles. The second kappa shape index (κ2) is 9.82. The first-order chi connectivity index (χ1) is 13.2. The quantitative estimate of drug-likeness (QED) is 0.604. The average molecular weight is 396 g/mol. The van der Waals surface area contributed by atoms with Crippen LogP contribution in [0, 0.1) is 0 Å². The monoisotopic (exact) mass is 396 g/mol. The van der Waals surface area contributed by atoms with Crippen LogP contribution in [0.2, 0.25) is 0 Å². The third-order valence-electron chi connectivity index (χ3n) is 4.75. The molecule has 2 unspecified atom stereocenters. The van der Waals surface area contributed by atoms with E-state index in [0.717, 1.165) is 11.1 Å². The molecule has 2 aromatic carbocycles. The van der Waals surface area contributed by atoms with Crippen molar-refractivity contribution in [2.24, 2.45) is 0 Å². The molecule has 0 amide bonds. The molecule has 2 atom stereocenters. The summed E-state index contributed by atoms with van der Waals surface area (Å²) in [6.07, 6.45) is -5.19. The van der Waals surface area contributed by atoms with Crippen LogP contribution in [-0.4, -0.2) is 37.0 Å². The van der Waals surface area contributed by atoms with Crippen molar-refractivity contribution in [2.75, 3.05) is 13.2 Å². The largest absolute Gasteiger partial charge is 0.491 e. The molecule has 0 aliphatic carbocycles. The van der Waals surface area contributed by atoms with E-state index in [2.05, 4.69) is 13.8 Å². The van der Waals surface area contributed by atoms with Crippen molar-refractivity contribution < 1.29 is 27.8 Å². The summed E-state index contributed by atoms with van der Waals surface area (Å²) in [4.78, 5) is 0. The van der Waals surface area contributed by atoms with Crippen molar-refractivity contribution in [2.45, 2.75) is 51.3 Å². The Labute approximate surface area is 164 Å². The summed E-state index contributed by atoms with van der Waals surface area (Å²) in [5, 5.41) is 9.58. The number of hydrogen-bond donors (Lipinski definition) is 1. The van der Waals surface area contributed by atoms with Crippen LogP contribution < -0.4 is 9.47 Å². The zero-order valence-corrected chi connectivity index (χ0v) is 16.4. The maximum absolute atomic E-state index is 13.0. The molecule has 0 bridgehead atoms. The highest BCUT2D eigenvalue weighted by molar-refractivity contribution is 5.41. The van der Waals surface area contributed by atoms with Crippen molar-refractivity contribution >= 4 is 0 Å². The minimum Gasteiger partial charge on any atom is -0.491 e. The first kappa shape index (κ1) is 22.1. The van der Waals surface area contributed by atoms with Gasteiger partial charge in [0.1, 0.15) is 24.7 Å². The summed E-state index contributed by atoms with van der Waals surface area (Å²) in [7, 11) is 0. The van der Waals surface area contributed by atoms with Crippen LogP contribution in [0.25, 0.3) is 0 Å². The van der Waals surface area contributed by atoms with Gasteiger partial charge < -0.3 is 14.6 Å². The molecule has 6 heteroatoms. The number of aliphatic hydroxyl groups excluding tert-OH is 1. The van der Waals surface area contributed by atoms with Crippen LogP contribution >= 0.6 is 0 Å². The first-order valence-electron chi connectivity index (χ1n) is 9.31. The van der Waals surface area contributed by atoms with Crippen molar-refractivity contribution in [3.63, 3.8) is 0 Å². The lowest BCUT2D eigenvalue weighted by Gasteiger charge is -2.26. The molecule has 2 aromatic rings. The molecule has 0 aliphatic heterocycles. The molecule has 0 fully saturated rings. The van der Waals surface area contributed by atoms with Gasteiger partial charge in [0, 0.05) is 5.41 Å². The van der Waals surface area contributed by atoms with Crippen molar-refractivity contribution in [3.8, 4) is 11.5 Å². The summed E-state index contributed by atoms with van der Waals surface area (Å²) in [6, 6.07) is 14.6. The summed E-state index contributed by atoms with van der Waals surface area (Å²) in [5.74, 6) is 1.04. The highest BCUT2D eigenvalue weighted by Crippen LogP contribution is 2.33. The molecule has 0 saturated heterocycles. The number of aliphatic hydroxyl groups is 1. The zero-order valence-electron chi connectivity index (χ0n) is 16.4. The molecular weight excluding hydrogens is 369 g/mol. The minimum absolute atomic E-state index is 0.256. The fourth-order valence-electron chi connectivity index (χ4n) is 2.66. The van der Waals surface area contributed by atoms with Gasteiger partial charge in [0.15, 0.2) is 6.17 Å². The molecule has 0 spiro atoms. The van der Waals surface area contributed by atoms with E-state index in [1.807, 2.05) is 43.3 Å². The minimum atomic E-state index is -3.05. The van der Waals surface area contributed by atoms with Crippen LogP contribution in [0.4, 0.5) is 13.2 Å². The Morgan fingerprint density at radius 2 is 1.25 bits per heavy atom. The summed E-state index contributed by atoms with van der Waals surface area (Å²) in [6.45, 7) is 5.60. The van der Waals surface area contributed by atoms with Crippen LogP contribution in [-0.2, 0) is 5.41 Å². The molecule has 0 saturated carbocycles. The maximum Gasteiger partial charge on any atom is 0.272 e. The van der Waals surface area contributed by atoms with Gasteiger partial charge in [-0.3, -0.25) is 0 Å². The van der Waals surface area contributed by atoms with E-state index in [1.54, 1.807) is 12.1 Å². The second-order valence-corrected chi connectivity index (χ2v) is 7.21. The van der Waals surface area contributed by atoms with Gasteiger partial charge in [0.25, 0.3) is 6.43 Å². The SMILES string of the molecule is CCC(O)COc1ccc(C(C)(C)c2ccc(OCC(F)C(F)F)cc2)cc1. The number of ether oxygens (including phenoxy) is 2. The Morgan fingerprint density at radius 3 is 1.64 bits per heavy atom. The fraction of sp³-hybridized carbons (Fsp3) is 0.455. The summed E-state index contributed by atoms with van der Waals surface area (Å²) in [5.41, 5.74) is 1.75. The zero-order chi connectivity index (χ0) is 20.7. The van der Waals surface area contributed by atoms with E-state index < -0.39 is 25.3 Å². The normalized spacial score (nSPS) is 14.0. The Kier molecular flexibility index (Phi) is 7.75. The van der Waals surface area contributed by atoms with E-state index in [1.165, 1.54) is 0 Å². The van der Waals surface area contributed by atoms with Crippen LogP contribution in [0.3, 0.4) is 0 Å². The van der Waals surface area contributed by atoms with Gasteiger partial charge in [-0.25, -0.2) is 13.2 Å². The smallest absolute Gasteiger partial charge is 0.272 e. The van der Waals surface area contributed by atoms with E-state index >= 15 is 0 Å². The van der Waals surface area contributed by atoms with Gasteiger partial charge in [-0.15, -0.1) is 0 Å². The molecule has 154 valence electrons. The molecule has 2 rings (SSSR count). The molecule has 0 aliphatic rings. The van der Waals surface area contributed by atoms with Crippen LogP contribution in [0.1, 0.15) is 38.3 Å². The topological polar surface area (TPSA) is 38.7 Å². The lowest BCUT2D eigenvalue weighted by Crippen LogP contribution is -2.21. The predicted molar refractivity (Wildman–Crippen MR) is 103 cm³/mol. The summed E-state index contributed by atoms with van der Waals surface area (Å²) < 4.78 is 48.0. The number of hydrogen-bond acceptors (Lipinski definition) is 3. The van der Waals surface area contributed by atoms with Gasteiger partial charge in [0.2, 0.25) is 0 Å². The lowest BCUT2D eigenvalue weighted by molar-refractivity contribution is 0.0231. The third kappa shape index (κ3) is 5.89. The Bertz CT molecular complexity index is 715. The number of alkyl halides is 3. The Morgan fingerprint density at radius 1 is 0.821 bits per heavy atom. The molecular formula is C22H27F3O3. The van der Waals surface area contributed by atoms with Crippen molar-refractivity contribution in [3.05, 3.63) is 59.7 Å². The maximum atomic E-state index is 13.0. The molecule has 28 heavy (non-hydrogen) atoms. The molecule has 0 heterocycles. The van der Waals surface area contributed by atoms with Crippen LogP contribution in [0.5, 0.6) is 11.5 Å². The second-order valence-electron chi connectivity index (χ2n) is 7.21. The standard InChI is InChI=1S/C22H27F3O3/c1-4-17(26)13-27-18-9-5-15(6-10-18)22(2,3)16-7-11-19(12-8-16)28-14-20(23)21(24)25/h5-12,17,20-21,26H,4,13-14H2,1-3H3. The Balaban J connectivity index is 2.03. The highest BCUT2D eigenvalue weighted by Gasteiger charge is 2.24. The van der Waals surface area contributed by atoms with Crippen molar-refractivity contribution in [1.82, 2.24) is 0 Å². The van der Waals surface area contributed by atoms with E-state index in [9.17, 15) is 18.3 Å². The van der Waals surface area contributed by atoms with Gasteiger partial charge in [-0.05, 0) is 41.8 Å². The molecule has 1 N–H and O–H groups in total. The van der Waals surface area contributed by atoms with Crippen molar-refractivity contribution in [1.29, 1.82) is 0 Å². The molecule has 3 nitrogen and oxygen atoms in total. The van der Waals surface area contributed by atoms with Gasteiger partial charge >= 0.3 is 0 Å². The van der Waals surface area contributed by atoms with Gasteiger partial charge in [-0.2, -0.15) is 0 Å². The third-order valence-corrected chi connectivity index (χ3v) is 4.75. The van der Waals surface area contributed by atoms with Gasteiger partial charge in [0.05, 0.1) is 6.10 Å². The van der Waals surface area contributed by atoms with Gasteiger partial charge in [-0.1, -0.05) is 45.0 Å². The Hall–Kier alpha value is -2.21. The first-order valence-corrected chi connectivity index (χ1v) is 9.31. The number of rotatable bonds is 10. The molecule has 0 radical (unpaired) electrons. The summed E-state index contributed by atoms with van der Waals surface area (Å²) >= 11 is 0. The highest BCUT2D eigenvalue weighted by atomic mass is 19.3. The number of benzene rings is 2. The van der Waals surface area contributed by atoms with E-state index in [-0.39, 0.29) is 12.0 Å². The van der Waals surface area contributed by atoms with E-state index in [0.29, 0.717) is 17.9 Å². The number of halogens is 3. The lowest BCUT2D eigenvalue weighted by atomic mass is 9.78. The predicted octanol–water partition coefficient (Wildman–Crippen LogP) is 5.14. The fourth-order valence-corrected chi connectivity index (χ4v) is 2.66. The average Bonchev–Trinajstić information content (AvgIpc) is 2.70.